The van der Waals surface area contributed by atoms with Crippen molar-refractivity contribution in [1.29, 1.82) is 0 Å². The van der Waals surface area contributed by atoms with Crippen molar-refractivity contribution in [2.75, 3.05) is 0 Å². The Balaban J connectivity index is 2.07. The molecular weight excluding hydrogens is 180 g/mol. The maximum atomic E-state index is 11.5. The van der Waals surface area contributed by atoms with E-state index in [1.165, 1.54) is 6.92 Å². The first-order valence-electron chi connectivity index (χ1n) is 4.67. The molecule has 1 saturated carbocycles. The van der Waals surface area contributed by atoms with Crippen LogP contribution < -0.4 is 5.32 Å². The van der Waals surface area contributed by atoms with Crippen molar-refractivity contribution in [3.05, 3.63) is 23.5 Å². The summed E-state index contributed by atoms with van der Waals surface area (Å²) in [6.45, 7) is 1.48. The predicted molar refractivity (Wildman–Crippen MR) is 51.3 cm³/mol. The number of carbonyl (C=O) groups is 2. The molecular formula is C10H12N2O2. The molecule has 1 heterocycles. The molecule has 0 unspecified atom stereocenters. The van der Waals surface area contributed by atoms with E-state index in [0.717, 1.165) is 12.8 Å². The number of rotatable bonds is 3. The van der Waals surface area contributed by atoms with Crippen LogP contribution in [0.2, 0.25) is 0 Å². The van der Waals surface area contributed by atoms with Gasteiger partial charge in [-0.3, -0.25) is 9.59 Å². The first kappa shape index (κ1) is 8.99. The Morgan fingerprint density at radius 3 is 2.71 bits per heavy atom. The highest BCUT2D eigenvalue weighted by molar-refractivity contribution is 5.99. The molecule has 0 atom stereocenters. The Hall–Kier alpha value is -1.58. The number of hydrogen-bond donors (Lipinski definition) is 2. The highest BCUT2D eigenvalue weighted by Gasteiger charge is 2.24. The monoisotopic (exact) mass is 192 g/mol. The molecule has 14 heavy (non-hydrogen) atoms. The summed E-state index contributed by atoms with van der Waals surface area (Å²) in [6, 6.07) is 1.92. The molecule has 1 aromatic heterocycles. The minimum Gasteiger partial charge on any atom is -0.356 e. The van der Waals surface area contributed by atoms with Crippen LogP contribution in [-0.2, 0) is 0 Å². The molecule has 0 spiro atoms. The van der Waals surface area contributed by atoms with Crippen LogP contribution in [0.1, 0.15) is 40.6 Å². The van der Waals surface area contributed by atoms with E-state index in [4.69, 9.17) is 0 Å². The predicted octanol–water partition coefficient (Wildman–Crippen LogP) is 1.11. The summed E-state index contributed by atoms with van der Waals surface area (Å²) in [5.74, 6) is -0.160. The standard InChI is InChI=1S/C10H12N2O2/c1-6(13)7-4-9(11-5-7)10(14)12-8-2-3-8/h4-5,8,11H,2-3H2,1H3,(H,12,14). The van der Waals surface area contributed by atoms with Gasteiger partial charge in [0.15, 0.2) is 5.78 Å². The molecule has 74 valence electrons. The number of carbonyl (C=O) groups excluding carboxylic acids is 2. The molecule has 0 aliphatic heterocycles. The highest BCUT2D eigenvalue weighted by Crippen LogP contribution is 2.19. The van der Waals surface area contributed by atoms with Crippen molar-refractivity contribution < 1.29 is 9.59 Å². The molecule has 0 bridgehead atoms. The van der Waals surface area contributed by atoms with Crippen molar-refractivity contribution in [1.82, 2.24) is 10.3 Å². The van der Waals surface area contributed by atoms with E-state index >= 15 is 0 Å². The number of Topliss-reactive ketones (excluding diaryl/α,β-unsaturated/α-hetero) is 1. The van der Waals surface area contributed by atoms with Crippen molar-refractivity contribution in [3.8, 4) is 0 Å². The van der Waals surface area contributed by atoms with Crippen molar-refractivity contribution >= 4 is 11.7 Å². The second-order valence-electron chi connectivity index (χ2n) is 3.61. The van der Waals surface area contributed by atoms with Gasteiger partial charge in [-0.05, 0) is 25.8 Å². The smallest absolute Gasteiger partial charge is 0.267 e. The van der Waals surface area contributed by atoms with E-state index in [9.17, 15) is 9.59 Å². The largest absolute Gasteiger partial charge is 0.356 e. The summed E-state index contributed by atoms with van der Waals surface area (Å²) in [7, 11) is 0. The summed E-state index contributed by atoms with van der Waals surface area (Å²) < 4.78 is 0. The van der Waals surface area contributed by atoms with Gasteiger partial charge in [0.1, 0.15) is 5.69 Å². The molecule has 4 nitrogen and oxygen atoms in total. The second-order valence-corrected chi connectivity index (χ2v) is 3.61. The quantitative estimate of drug-likeness (QED) is 0.705. The first-order valence-corrected chi connectivity index (χ1v) is 4.67. The lowest BCUT2D eigenvalue weighted by Gasteiger charge is -1.98. The highest BCUT2D eigenvalue weighted by atomic mass is 16.2. The fourth-order valence-electron chi connectivity index (χ4n) is 1.22. The number of aromatic nitrogens is 1. The third kappa shape index (κ3) is 1.84. The number of aromatic amines is 1. The minimum atomic E-state index is -0.125. The van der Waals surface area contributed by atoms with Crippen LogP contribution in [0.15, 0.2) is 12.3 Å². The van der Waals surface area contributed by atoms with E-state index in [0.29, 0.717) is 17.3 Å². The SMILES string of the molecule is CC(=O)c1c[nH]c(C(=O)NC2CC2)c1. The summed E-state index contributed by atoms with van der Waals surface area (Å²) in [6.07, 6.45) is 3.68. The van der Waals surface area contributed by atoms with E-state index in [1.54, 1.807) is 12.3 Å². The summed E-state index contributed by atoms with van der Waals surface area (Å²) in [4.78, 5) is 25.2. The molecule has 0 radical (unpaired) electrons. The van der Waals surface area contributed by atoms with Crippen LogP contribution in [-0.4, -0.2) is 22.7 Å². The van der Waals surface area contributed by atoms with Gasteiger partial charge in [-0.25, -0.2) is 0 Å². The fourth-order valence-corrected chi connectivity index (χ4v) is 1.22. The number of nitrogens with one attached hydrogen (secondary N) is 2. The Labute approximate surface area is 81.7 Å². The Kier molecular flexibility index (Phi) is 2.11. The lowest BCUT2D eigenvalue weighted by Crippen LogP contribution is -2.25. The van der Waals surface area contributed by atoms with Gasteiger partial charge in [-0.2, -0.15) is 0 Å². The molecule has 1 fully saturated rings. The van der Waals surface area contributed by atoms with Crippen LogP contribution in [0.25, 0.3) is 0 Å². The molecule has 1 aromatic rings. The molecule has 0 aromatic carbocycles. The Morgan fingerprint density at radius 2 is 2.21 bits per heavy atom. The van der Waals surface area contributed by atoms with E-state index in [1.807, 2.05) is 0 Å². The number of ketones is 1. The second kappa shape index (κ2) is 3.29. The number of hydrogen-bond acceptors (Lipinski definition) is 2. The summed E-state index contributed by atoms with van der Waals surface area (Å²) in [5, 5.41) is 2.84. The van der Waals surface area contributed by atoms with Gasteiger partial charge < -0.3 is 10.3 Å². The normalized spacial score (nSPS) is 15.2. The molecule has 4 heteroatoms. The average Bonchev–Trinajstić information content (AvgIpc) is 2.81. The Morgan fingerprint density at radius 1 is 1.50 bits per heavy atom. The van der Waals surface area contributed by atoms with Crippen molar-refractivity contribution in [2.45, 2.75) is 25.8 Å². The molecule has 2 N–H and O–H groups in total. The maximum Gasteiger partial charge on any atom is 0.267 e. The maximum absolute atomic E-state index is 11.5. The Bertz CT molecular complexity index is 377. The van der Waals surface area contributed by atoms with Crippen molar-refractivity contribution in [2.24, 2.45) is 0 Å². The van der Waals surface area contributed by atoms with E-state index in [-0.39, 0.29) is 11.7 Å². The van der Waals surface area contributed by atoms with Crippen molar-refractivity contribution in [3.63, 3.8) is 0 Å². The lowest BCUT2D eigenvalue weighted by molar-refractivity contribution is 0.0946. The molecule has 0 saturated heterocycles. The summed E-state index contributed by atoms with van der Waals surface area (Å²) >= 11 is 0. The fraction of sp³-hybridized carbons (Fsp3) is 0.400. The third-order valence-electron chi connectivity index (χ3n) is 2.25. The molecule has 2 rings (SSSR count). The zero-order valence-electron chi connectivity index (χ0n) is 7.96. The third-order valence-corrected chi connectivity index (χ3v) is 2.25. The number of H-pyrrole nitrogens is 1. The zero-order valence-corrected chi connectivity index (χ0v) is 7.96. The van der Waals surface area contributed by atoms with Crippen LogP contribution >= 0.6 is 0 Å². The summed E-state index contributed by atoms with van der Waals surface area (Å²) in [5.41, 5.74) is 1.01. The van der Waals surface area contributed by atoms with Gasteiger partial charge in [-0.1, -0.05) is 0 Å². The van der Waals surface area contributed by atoms with Gasteiger partial charge in [0, 0.05) is 17.8 Å². The van der Waals surface area contributed by atoms with E-state index < -0.39 is 0 Å². The van der Waals surface area contributed by atoms with Gasteiger partial charge in [-0.15, -0.1) is 0 Å². The van der Waals surface area contributed by atoms with Gasteiger partial charge in [0.05, 0.1) is 0 Å². The van der Waals surface area contributed by atoms with Crippen LogP contribution in [0.4, 0.5) is 0 Å². The molecule has 1 aliphatic rings. The number of amides is 1. The average molecular weight is 192 g/mol. The topological polar surface area (TPSA) is 62.0 Å². The van der Waals surface area contributed by atoms with Gasteiger partial charge in [0.2, 0.25) is 0 Å². The van der Waals surface area contributed by atoms with Gasteiger partial charge in [0.25, 0.3) is 5.91 Å². The lowest BCUT2D eigenvalue weighted by atomic mass is 10.2. The molecule has 1 amide bonds. The van der Waals surface area contributed by atoms with E-state index in [2.05, 4.69) is 10.3 Å². The van der Waals surface area contributed by atoms with Crippen LogP contribution in [0.3, 0.4) is 0 Å². The first-order chi connectivity index (χ1) is 6.66. The minimum absolute atomic E-state index is 0.0354. The van der Waals surface area contributed by atoms with Crippen LogP contribution in [0, 0.1) is 0 Å². The zero-order chi connectivity index (χ0) is 10.1. The molecule has 1 aliphatic carbocycles. The van der Waals surface area contributed by atoms with Crippen LogP contribution in [0.5, 0.6) is 0 Å². The van der Waals surface area contributed by atoms with Gasteiger partial charge >= 0.3 is 0 Å².